The third-order valence-electron chi connectivity index (χ3n) is 5.48. The molecule has 0 aromatic heterocycles. The summed E-state index contributed by atoms with van der Waals surface area (Å²) < 4.78 is 40.9. The van der Waals surface area contributed by atoms with E-state index in [4.69, 9.17) is 9.47 Å². The molecular weight excluding hydrogens is 306 g/mol. The third-order valence-corrected chi connectivity index (χ3v) is 6.23. The molecule has 0 aliphatic heterocycles. The van der Waals surface area contributed by atoms with Gasteiger partial charge in [0.1, 0.15) is 6.79 Å². The van der Waals surface area contributed by atoms with Crippen molar-refractivity contribution >= 4 is 12.6 Å². The van der Waals surface area contributed by atoms with E-state index in [9.17, 15) is 4.39 Å². The van der Waals surface area contributed by atoms with Crippen molar-refractivity contribution in [2.75, 3.05) is 6.79 Å². The van der Waals surface area contributed by atoms with Crippen molar-refractivity contribution in [1.82, 2.24) is 0 Å². The average molecular weight is 336 g/mol. The Hall–Kier alpha value is 0.130. The monoisotopic (exact) mass is 336 g/mol. The van der Waals surface area contributed by atoms with Crippen molar-refractivity contribution in [3.63, 3.8) is 0 Å². The maximum absolute atomic E-state index is 15.0. The second-order valence-electron chi connectivity index (χ2n) is 8.10. The number of thiol groups is 1. The molecule has 2 aliphatic carbocycles. The third kappa shape index (κ3) is 3.62. The number of rotatable bonds is 6. The van der Waals surface area contributed by atoms with Gasteiger partial charge in [0.15, 0.2) is 10.7 Å². The summed E-state index contributed by atoms with van der Waals surface area (Å²) in [4.78, 5) is 0. The molecule has 0 N–H and O–H groups in total. The maximum atomic E-state index is 15.0. The van der Waals surface area contributed by atoms with Crippen LogP contribution in [-0.2, 0) is 9.47 Å². The Kier molecular flexibility index (Phi) is 5.21. The average Bonchev–Trinajstić information content (AvgIpc) is 2.96. The quantitative estimate of drug-likeness (QED) is 0.548. The summed E-state index contributed by atoms with van der Waals surface area (Å²) >= 11 is 3.95. The molecule has 0 radical (unpaired) electrons. The number of hydrogen-bond donors (Lipinski definition) is 1. The summed E-state index contributed by atoms with van der Waals surface area (Å²) in [5.74, 6) is 0.242. The molecule has 2 fully saturated rings. The lowest BCUT2D eigenvalue weighted by Crippen LogP contribution is -2.49. The highest BCUT2D eigenvalue weighted by atomic mass is 32.1. The highest BCUT2D eigenvalue weighted by Gasteiger charge is 2.59. The molecule has 2 nitrogen and oxygen atoms in total. The lowest BCUT2D eigenvalue weighted by Gasteiger charge is -2.42. The van der Waals surface area contributed by atoms with Crippen LogP contribution >= 0.6 is 12.6 Å². The van der Waals surface area contributed by atoms with Crippen molar-refractivity contribution in [1.29, 1.82) is 0 Å². The van der Waals surface area contributed by atoms with Crippen LogP contribution in [0.25, 0.3) is 0 Å². The molecule has 2 saturated carbocycles. The van der Waals surface area contributed by atoms with Crippen molar-refractivity contribution in [2.45, 2.75) is 82.7 Å². The molecule has 2 aliphatic rings. The van der Waals surface area contributed by atoms with Gasteiger partial charge in [0.2, 0.25) is 0 Å². The minimum Gasteiger partial charge on any atom is -0.352 e. The van der Waals surface area contributed by atoms with Gasteiger partial charge in [0.25, 0.3) is 0 Å². The number of fused-ring (bicyclic) bond motifs is 2. The summed E-state index contributed by atoms with van der Waals surface area (Å²) in [5.41, 5.74) is -2.12. The normalized spacial score (nSPS) is 37.1. The predicted molar refractivity (Wildman–Crippen MR) is 87.5 cm³/mol. The first-order chi connectivity index (χ1) is 9.98. The van der Waals surface area contributed by atoms with Crippen LogP contribution < -0.4 is 0 Å². The second kappa shape index (κ2) is 6.21. The molecule has 5 heteroatoms. The first-order valence-corrected chi connectivity index (χ1v) is 8.78. The SMILES string of the molecule is CCC(F)(S)C(C)(F)C1CC2CC1CC2OCOC(C)(C)C. The van der Waals surface area contributed by atoms with Crippen LogP contribution in [0.4, 0.5) is 8.78 Å². The minimum atomic E-state index is -2.06. The fourth-order valence-electron chi connectivity index (χ4n) is 4.02. The molecule has 0 saturated heterocycles. The summed E-state index contributed by atoms with van der Waals surface area (Å²) in [6, 6.07) is 0. The van der Waals surface area contributed by atoms with Gasteiger partial charge in [-0.25, -0.2) is 8.78 Å². The topological polar surface area (TPSA) is 18.5 Å². The molecule has 0 heterocycles. The van der Waals surface area contributed by atoms with Crippen LogP contribution in [0.1, 0.15) is 60.3 Å². The van der Waals surface area contributed by atoms with Crippen LogP contribution in [0.2, 0.25) is 0 Å². The van der Waals surface area contributed by atoms with E-state index in [2.05, 4.69) is 12.6 Å². The molecule has 0 spiro atoms. The molecule has 6 atom stereocenters. The fourth-order valence-corrected chi connectivity index (χ4v) is 4.18. The highest BCUT2D eigenvalue weighted by molar-refractivity contribution is 7.81. The summed E-state index contributed by atoms with van der Waals surface area (Å²) in [5, 5.41) is -2.06. The lowest BCUT2D eigenvalue weighted by atomic mass is 9.74. The molecule has 0 amide bonds. The van der Waals surface area contributed by atoms with Gasteiger partial charge in [-0.1, -0.05) is 6.92 Å². The molecule has 2 rings (SSSR count). The summed E-state index contributed by atoms with van der Waals surface area (Å²) in [7, 11) is 0. The molecular formula is C17H30F2O2S. The molecule has 6 unspecified atom stereocenters. The zero-order chi connectivity index (χ0) is 16.8. The zero-order valence-corrected chi connectivity index (χ0v) is 15.3. The number of halogens is 2. The van der Waals surface area contributed by atoms with Crippen LogP contribution in [0, 0.1) is 17.8 Å². The molecule has 2 bridgehead atoms. The Bertz CT molecular complexity index is 393. The fraction of sp³-hybridized carbons (Fsp3) is 1.00. The Morgan fingerprint density at radius 3 is 2.14 bits per heavy atom. The number of ether oxygens (including phenoxy) is 2. The van der Waals surface area contributed by atoms with Crippen molar-refractivity contribution in [3.8, 4) is 0 Å². The van der Waals surface area contributed by atoms with Crippen LogP contribution in [0.3, 0.4) is 0 Å². The predicted octanol–water partition coefficient (Wildman–Crippen LogP) is 4.92. The van der Waals surface area contributed by atoms with Crippen LogP contribution in [-0.4, -0.2) is 29.2 Å². The van der Waals surface area contributed by atoms with Gasteiger partial charge in [-0.3, -0.25) is 0 Å². The van der Waals surface area contributed by atoms with Gasteiger partial charge in [-0.2, -0.15) is 0 Å². The van der Waals surface area contributed by atoms with E-state index in [0.29, 0.717) is 12.3 Å². The van der Waals surface area contributed by atoms with Crippen molar-refractivity contribution in [2.24, 2.45) is 17.8 Å². The van der Waals surface area contributed by atoms with E-state index >= 15 is 4.39 Å². The summed E-state index contributed by atoms with van der Waals surface area (Å²) in [6.45, 7) is 9.25. The smallest absolute Gasteiger partial charge is 0.187 e. The van der Waals surface area contributed by atoms with Crippen molar-refractivity contribution in [3.05, 3.63) is 0 Å². The van der Waals surface area contributed by atoms with Gasteiger partial charge in [-0.15, -0.1) is 12.6 Å². The van der Waals surface area contributed by atoms with Gasteiger partial charge < -0.3 is 9.47 Å². The van der Waals surface area contributed by atoms with Gasteiger partial charge in [0.05, 0.1) is 11.7 Å². The molecule has 0 aromatic carbocycles. The van der Waals surface area contributed by atoms with E-state index in [1.165, 1.54) is 6.92 Å². The van der Waals surface area contributed by atoms with Crippen molar-refractivity contribution < 1.29 is 18.3 Å². The summed E-state index contributed by atoms with van der Waals surface area (Å²) in [6.07, 6.45) is 2.61. The Morgan fingerprint density at radius 1 is 1.05 bits per heavy atom. The highest BCUT2D eigenvalue weighted by Crippen LogP contribution is 2.58. The largest absolute Gasteiger partial charge is 0.352 e. The van der Waals surface area contributed by atoms with E-state index in [1.807, 2.05) is 20.8 Å². The maximum Gasteiger partial charge on any atom is 0.187 e. The Morgan fingerprint density at radius 2 is 1.68 bits per heavy atom. The molecule has 22 heavy (non-hydrogen) atoms. The first kappa shape index (κ1) is 18.5. The van der Waals surface area contributed by atoms with Gasteiger partial charge in [-0.05, 0) is 65.2 Å². The number of alkyl halides is 2. The minimum absolute atomic E-state index is 0.0797. The van der Waals surface area contributed by atoms with E-state index < -0.39 is 10.7 Å². The van der Waals surface area contributed by atoms with Gasteiger partial charge in [0, 0.05) is 5.92 Å². The first-order valence-electron chi connectivity index (χ1n) is 8.33. The second-order valence-corrected chi connectivity index (χ2v) is 8.81. The standard InChI is InChI=1S/C17H30F2O2S/c1-6-17(19,22)16(5,18)13-8-12-7-11(13)9-14(12)20-10-21-15(2,3)4/h11-14,22H,6-10H2,1-5H3. The van der Waals surface area contributed by atoms with E-state index in [1.54, 1.807) is 6.92 Å². The molecule has 0 aromatic rings. The van der Waals surface area contributed by atoms with Crippen LogP contribution in [0.15, 0.2) is 0 Å². The zero-order valence-electron chi connectivity index (χ0n) is 14.4. The van der Waals surface area contributed by atoms with E-state index in [0.717, 1.165) is 12.8 Å². The Balaban J connectivity index is 1.90. The molecule has 130 valence electrons. The lowest BCUT2D eigenvalue weighted by molar-refractivity contribution is -0.157. The Labute approximate surface area is 138 Å². The van der Waals surface area contributed by atoms with E-state index in [-0.39, 0.29) is 36.8 Å². The van der Waals surface area contributed by atoms with Crippen LogP contribution in [0.5, 0.6) is 0 Å². The van der Waals surface area contributed by atoms with Gasteiger partial charge >= 0.3 is 0 Å². The number of hydrogen-bond acceptors (Lipinski definition) is 3.